The Bertz CT molecular complexity index is 685. The van der Waals surface area contributed by atoms with E-state index in [1.54, 1.807) is 0 Å². The highest BCUT2D eigenvalue weighted by atomic mass is 79.9. The molecule has 24 heavy (non-hydrogen) atoms. The number of benzene rings is 1. The van der Waals surface area contributed by atoms with Crippen LogP contribution in [0.4, 0.5) is 5.69 Å². The van der Waals surface area contributed by atoms with Crippen LogP contribution >= 0.6 is 28.1 Å². The summed E-state index contributed by atoms with van der Waals surface area (Å²) in [6.07, 6.45) is 0.944. The van der Waals surface area contributed by atoms with Crippen LogP contribution in [0.3, 0.4) is 0 Å². The predicted molar refractivity (Wildman–Crippen MR) is 106 cm³/mol. The minimum Gasteiger partial charge on any atom is -0.494 e. The maximum Gasteiger partial charge on any atom is 0.170 e. The van der Waals surface area contributed by atoms with Crippen LogP contribution in [0.1, 0.15) is 24.7 Å². The summed E-state index contributed by atoms with van der Waals surface area (Å²) in [5, 5.41) is 11.5. The molecule has 2 aromatic rings. The Morgan fingerprint density at radius 2 is 2.00 bits per heavy atom. The van der Waals surface area contributed by atoms with Crippen LogP contribution in [0.15, 0.2) is 28.7 Å². The largest absolute Gasteiger partial charge is 0.494 e. The lowest BCUT2D eigenvalue weighted by Gasteiger charge is -2.11. The smallest absolute Gasteiger partial charge is 0.170 e. The fourth-order valence-electron chi connectivity index (χ4n) is 2.30. The Hall–Kier alpha value is -1.60. The van der Waals surface area contributed by atoms with E-state index in [1.807, 2.05) is 42.8 Å². The van der Waals surface area contributed by atoms with Crippen LogP contribution in [0.25, 0.3) is 0 Å². The molecule has 0 radical (unpaired) electrons. The first-order chi connectivity index (χ1) is 11.5. The Morgan fingerprint density at radius 3 is 2.58 bits per heavy atom. The van der Waals surface area contributed by atoms with E-state index >= 15 is 0 Å². The second-order valence-electron chi connectivity index (χ2n) is 5.40. The molecule has 5 nitrogen and oxygen atoms in total. The van der Waals surface area contributed by atoms with E-state index in [-0.39, 0.29) is 0 Å². The van der Waals surface area contributed by atoms with E-state index in [9.17, 15) is 0 Å². The molecule has 0 saturated heterocycles. The molecule has 1 aromatic carbocycles. The van der Waals surface area contributed by atoms with Crippen LogP contribution in [0.2, 0.25) is 0 Å². The molecule has 0 unspecified atom stereocenters. The Balaban J connectivity index is 1.72. The molecular weight excluding hydrogens is 388 g/mol. The number of hydrogen-bond acceptors (Lipinski definition) is 3. The summed E-state index contributed by atoms with van der Waals surface area (Å²) in [7, 11) is 0. The van der Waals surface area contributed by atoms with E-state index in [2.05, 4.69) is 38.6 Å². The molecule has 0 bridgehead atoms. The van der Waals surface area contributed by atoms with Gasteiger partial charge in [0, 0.05) is 24.5 Å². The molecule has 130 valence electrons. The number of halogens is 1. The first kappa shape index (κ1) is 18.7. The molecule has 0 fully saturated rings. The monoisotopic (exact) mass is 410 g/mol. The van der Waals surface area contributed by atoms with Crippen LogP contribution in [0.5, 0.6) is 5.75 Å². The van der Waals surface area contributed by atoms with Gasteiger partial charge in [0.25, 0.3) is 0 Å². The van der Waals surface area contributed by atoms with Gasteiger partial charge in [0.15, 0.2) is 5.11 Å². The van der Waals surface area contributed by atoms with Crippen LogP contribution in [0, 0.1) is 13.8 Å². The highest BCUT2D eigenvalue weighted by Gasteiger charge is 2.07. The van der Waals surface area contributed by atoms with Gasteiger partial charge >= 0.3 is 0 Å². The second kappa shape index (κ2) is 9.03. The molecule has 0 amide bonds. The van der Waals surface area contributed by atoms with Crippen LogP contribution in [-0.4, -0.2) is 28.0 Å². The van der Waals surface area contributed by atoms with Crippen molar-refractivity contribution in [2.75, 3.05) is 18.5 Å². The summed E-state index contributed by atoms with van der Waals surface area (Å²) < 4.78 is 8.52. The minimum atomic E-state index is 0.619. The molecule has 0 aliphatic heterocycles. The molecule has 1 heterocycles. The Labute approximate surface area is 156 Å². The molecule has 7 heteroatoms. The molecule has 1 aromatic heterocycles. The van der Waals surface area contributed by atoms with Crippen molar-refractivity contribution in [1.82, 2.24) is 15.1 Å². The summed E-state index contributed by atoms with van der Waals surface area (Å²) in [4.78, 5) is 0. The van der Waals surface area contributed by atoms with Crippen LogP contribution in [-0.2, 0) is 6.54 Å². The summed E-state index contributed by atoms with van der Waals surface area (Å²) in [6, 6.07) is 7.75. The highest BCUT2D eigenvalue weighted by molar-refractivity contribution is 9.10. The van der Waals surface area contributed by atoms with E-state index < -0.39 is 0 Å². The van der Waals surface area contributed by atoms with Crippen molar-refractivity contribution < 1.29 is 4.74 Å². The number of aromatic nitrogens is 2. The van der Waals surface area contributed by atoms with Crippen molar-refractivity contribution in [3.8, 4) is 5.75 Å². The quantitative estimate of drug-likeness (QED) is 0.532. The maximum absolute atomic E-state index is 5.42. The molecule has 0 aliphatic rings. The highest BCUT2D eigenvalue weighted by Crippen LogP contribution is 2.19. The standard InChI is InChI=1S/C17H23BrN4OS/c1-4-23-15-8-6-14(7-9-15)20-17(24)19-10-5-11-22-13(3)16(18)12(2)21-22/h6-9H,4-5,10-11H2,1-3H3,(H2,19,20,24). The lowest BCUT2D eigenvalue weighted by molar-refractivity contribution is 0.340. The molecular formula is C17H23BrN4OS. The molecule has 0 spiro atoms. The normalized spacial score (nSPS) is 10.5. The molecule has 0 atom stereocenters. The molecule has 2 rings (SSSR count). The van der Waals surface area contributed by atoms with E-state index in [0.717, 1.165) is 46.8 Å². The van der Waals surface area contributed by atoms with Crippen molar-refractivity contribution >= 4 is 38.9 Å². The zero-order chi connectivity index (χ0) is 17.5. The summed E-state index contributed by atoms with van der Waals surface area (Å²) in [5.41, 5.74) is 3.12. The van der Waals surface area contributed by atoms with Gasteiger partial charge < -0.3 is 15.4 Å². The zero-order valence-electron chi connectivity index (χ0n) is 14.2. The van der Waals surface area contributed by atoms with Crippen molar-refractivity contribution in [1.29, 1.82) is 0 Å². The average molecular weight is 411 g/mol. The zero-order valence-corrected chi connectivity index (χ0v) is 16.6. The van der Waals surface area contributed by atoms with Gasteiger partial charge in [0.1, 0.15) is 5.75 Å². The number of ether oxygens (including phenoxy) is 1. The minimum absolute atomic E-state index is 0.619. The van der Waals surface area contributed by atoms with Gasteiger partial charge in [-0.3, -0.25) is 4.68 Å². The molecule has 0 aliphatic carbocycles. The molecule has 0 saturated carbocycles. The second-order valence-corrected chi connectivity index (χ2v) is 6.60. The number of anilines is 1. The fourth-order valence-corrected chi connectivity index (χ4v) is 2.80. The molecule has 2 N–H and O–H groups in total. The van der Waals surface area contributed by atoms with Gasteiger partial charge in [-0.2, -0.15) is 5.10 Å². The maximum atomic E-state index is 5.42. The first-order valence-corrected chi connectivity index (χ1v) is 9.18. The number of nitrogens with one attached hydrogen (secondary N) is 2. The average Bonchev–Trinajstić information content (AvgIpc) is 2.81. The van der Waals surface area contributed by atoms with Gasteiger partial charge in [-0.15, -0.1) is 0 Å². The van der Waals surface area contributed by atoms with E-state index in [1.165, 1.54) is 0 Å². The number of aryl methyl sites for hydroxylation is 2. The van der Waals surface area contributed by atoms with Gasteiger partial charge in [-0.1, -0.05) is 0 Å². The van der Waals surface area contributed by atoms with Crippen molar-refractivity contribution in [3.63, 3.8) is 0 Å². The predicted octanol–water partition coefficient (Wildman–Crippen LogP) is 4.04. The number of nitrogens with zero attached hydrogens (tertiary/aromatic N) is 2. The van der Waals surface area contributed by atoms with Gasteiger partial charge in [0.05, 0.1) is 16.8 Å². The lowest BCUT2D eigenvalue weighted by atomic mass is 10.3. The van der Waals surface area contributed by atoms with Gasteiger partial charge in [-0.05, 0) is 79.6 Å². The van der Waals surface area contributed by atoms with E-state index in [4.69, 9.17) is 17.0 Å². The summed E-state index contributed by atoms with van der Waals surface area (Å²) in [6.45, 7) is 8.35. The first-order valence-electron chi connectivity index (χ1n) is 7.98. The third kappa shape index (κ3) is 5.21. The van der Waals surface area contributed by atoms with Gasteiger partial charge in [0.2, 0.25) is 0 Å². The lowest BCUT2D eigenvalue weighted by Crippen LogP contribution is -2.29. The van der Waals surface area contributed by atoms with Crippen molar-refractivity contribution in [2.45, 2.75) is 33.7 Å². The fraction of sp³-hybridized carbons (Fsp3) is 0.412. The van der Waals surface area contributed by atoms with Crippen LogP contribution < -0.4 is 15.4 Å². The number of rotatable bonds is 7. The Morgan fingerprint density at radius 1 is 1.29 bits per heavy atom. The SMILES string of the molecule is CCOc1ccc(NC(=S)NCCCn2nc(C)c(Br)c2C)cc1. The third-order valence-corrected chi connectivity index (χ3v) is 4.94. The van der Waals surface area contributed by atoms with E-state index in [0.29, 0.717) is 11.7 Å². The summed E-state index contributed by atoms with van der Waals surface area (Å²) in [5.74, 6) is 0.859. The number of thiocarbonyl (C=S) groups is 1. The Kier molecular flexibility index (Phi) is 7.05. The van der Waals surface area contributed by atoms with Gasteiger partial charge in [-0.25, -0.2) is 0 Å². The van der Waals surface area contributed by atoms with Crippen molar-refractivity contribution in [3.05, 3.63) is 40.1 Å². The number of hydrogen-bond donors (Lipinski definition) is 2. The van der Waals surface area contributed by atoms with Crippen molar-refractivity contribution in [2.24, 2.45) is 0 Å². The topological polar surface area (TPSA) is 51.1 Å². The third-order valence-electron chi connectivity index (χ3n) is 3.55. The summed E-state index contributed by atoms with van der Waals surface area (Å²) >= 11 is 8.86.